The number of hydrogen-bond donors (Lipinski definition) is 0. The van der Waals surface area contributed by atoms with Crippen molar-refractivity contribution in [2.24, 2.45) is 4.99 Å². The molecule has 96 valence electrons. The van der Waals surface area contributed by atoms with Crippen molar-refractivity contribution in [2.75, 3.05) is 0 Å². The van der Waals surface area contributed by atoms with E-state index in [1.807, 2.05) is 18.2 Å². The van der Waals surface area contributed by atoms with Crippen LogP contribution >= 0.6 is 0 Å². The molecule has 0 unspecified atom stereocenters. The molecule has 1 saturated carbocycles. The zero-order valence-electron chi connectivity index (χ0n) is 10.9. The summed E-state index contributed by atoms with van der Waals surface area (Å²) in [6, 6.07) is 8.08. The second-order valence-electron chi connectivity index (χ2n) is 5.19. The van der Waals surface area contributed by atoms with Crippen molar-refractivity contribution in [1.82, 2.24) is 0 Å². The molecule has 0 amide bonds. The van der Waals surface area contributed by atoms with Gasteiger partial charge < -0.3 is 0 Å². The van der Waals surface area contributed by atoms with Gasteiger partial charge in [-0.3, -0.25) is 0 Å². The van der Waals surface area contributed by atoms with Crippen LogP contribution < -0.4 is 0 Å². The van der Waals surface area contributed by atoms with E-state index in [-0.39, 0.29) is 0 Å². The highest BCUT2D eigenvalue weighted by atomic mass is 16.1. The summed E-state index contributed by atoms with van der Waals surface area (Å²) in [5.41, 5.74) is 2.08. The fraction of sp³-hybridized carbons (Fsp3) is 0.562. The maximum Gasteiger partial charge on any atom is 0.240 e. The SMILES string of the molecule is O=C=Nc1cccc(C2CCCCCCCC2)c1. The van der Waals surface area contributed by atoms with Crippen molar-refractivity contribution < 1.29 is 4.79 Å². The van der Waals surface area contributed by atoms with Gasteiger partial charge in [-0.25, -0.2) is 4.79 Å². The first-order chi connectivity index (χ1) is 8.90. The minimum atomic E-state index is 0.643. The van der Waals surface area contributed by atoms with Crippen molar-refractivity contribution in [3.63, 3.8) is 0 Å². The summed E-state index contributed by atoms with van der Waals surface area (Å²) in [5.74, 6) is 0.643. The topological polar surface area (TPSA) is 29.4 Å². The van der Waals surface area contributed by atoms with Gasteiger partial charge in [0.2, 0.25) is 6.08 Å². The number of rotatable bonds is 2. The Kier molecular flexibility index (Phi) is 5.16. The number of isocyanates is 1. The Balaban J connectivity index is 2.11. The fourth-order valence-electron chi connectivity index (χ4n) is 2.87. The summed E-state index contributed by atoms with van der Waals surface area (Å²) in [6.07, 6.45) is 12.3. The summed E-state index contributed by atoms with van der Waals surface area (Å²) < 4.78 is 0. The van der Waals surface area contributed by atoms with E-state index in [2.05, 4.69) is 11.1 Å². The van der Waals surface area contributed by atoms with Crippen molar-refractivity contribution in [3.05, 3.63) is 29.8 Å². The molecule has 1 aliphatic rings. The van der Waals surface area contributed by atoms with Gasteiger partial charge >= 0.3 is 0 Å². The molecule has 0 aliphatic heterocycles. The molecule has 0 aromatic heterocycles. The molecule has 0 bridgehead atoms. The lowest BCUT2D eigenvalue weighted by atomic mass is 9.89. The second-order valence-corrected chi connectivity index (χ2v) is 5.19. The molecule has 2 rings (SSSR count). The van der Waals surface area contributed by atoms with Crippen molar-refractivity contribution in [2.45, 2.75) is 57.3 Å². The average molecular weight is 243 g/mol. The average Bonchev–Trinajstić information content (AvgIpc) is 2.53. The zero-order valence-corrected chi connectivity index (χ0v) is 10.9. The van der Waals surface area contributed by atoms with Crippen LogP contribution in [-0.4, -0.2) is 6.08 Å². The number of hydrogen-bond acceptors (Lipinski definition) is 2. The van der Waals surface area contributed by atoms with E-state index in [0.717, 1.165) is 5.69 Å². The van der Waals surface area contributed by atoms with Gasteiger partial charge in [-0.15, -0.1) is 0 Å². The largest absolute Gasteiger partial charge is 0.240 e. The molecule has 18 heavy (non-hydrogen) atoms. The Morgan fingerprint density at radius 3 is 2.33 bits per heavy atom. The quantitative estimate of drug-likeness (QED) is 0.538. The molecule has 0 saturated heterocycles. The van der Waals surface area contributed by atoms with E-state index < -0.39 is 0 Å². The van der Waals surface area contributed by atoms with Gasteiger partial charge in [0.1, 0.15) is 0 Å². The third-order valence-electron chi connectivity index (χ3n) is 3.87. The molecule has 0 N–H and O–H groups in total. The third kappa shape index (κ3) is 3.82. The van der Waals surface area contributed by atoms with E-state index in [1.54, 1.807) is 6.08 Å². The minimum absolute atomic E-state index is 0.643. The van der Waals surface area contributed by atoms with Crippen molar-refractivity contribution in [1.29, 1.82) is 0 Å². The van der Waals surface area contributed by atoms with Gasteiger partial charge in [0.15, 0.2) is 0 Å². The second kappa shape index (κ2) is 7.13. The lowest BCUT2D eigenvalue weighted by molar-refractivity contribution is 0.539. The van der Waals surface area contributed by atoms with Gasteiger partial charge in [0.25, 0.3) is 0 Å². The predicted octanol–water partition coefficient (Wildman–Crippen LogP) is 4.87. The van der Waals surface area contributed by atoms with E-state index in [1.165, 1.54) is 56.9 Å². The molecule has 1 aromatic carbocycles. The number of aliphatic imine (C=N–C) groups is 1. The van der Waals surface area contributed by atoms with Crippen LogP contribution in [0, 0.1) is 0 Å². The Morgan fingerprint density at radius 1 is 1.00 bits per heavy atom. The van der Waals surface area contributed by atoms with Crippen LogP contribution in [0.4, 0.5) is 5.69 Å². The zero-order chi connectivity index (χ0) is 12.6. The van der Waals surface area contributed by atoms with Gasteiger partial charge in [-0.05, 0) is 36.5 Å². The number of benzene rings is 1. The molecular formula is C16H21NO. The maximum atomic E-state index is 10.3. The van der Waals surface area contributed by atoms with Gasteiger partial charge in [0, 0.05) is 0 Å². The molecule has 1 fully saturated rings. The lowest BCUT2D eigenvalue weighted by Crippen LogP contribution is -1.98. The fourth-order valence-corrected chi connectivity index (χ4v) is 2.87. The van der Waals surface area contributed by atoms with E-state index in [0.29, 0.717) is 5.92 Å². The van der Waals surface area contributed by atoms with E-state index in [4.69, 9.17) is 0 Å². The molecule has 0 heterocycles. The van der Waals surface area contributed by atoms with E-state index >= 15 is 0 Å². The Labute approximate surface area is 109 Å². The predicted molar refractivity (Wildman–Crippen MR) is 73.9 cm³/mol. The monoisotopic (exact) mass is 243 g/mol. The highest BCUT2D eigenvalue weighted by Gasteiger charge is 2.13. The standard InChI is InChI=1S/C16H21NO/c18-13-17-16-11-7-10-15(12-16)14-8-5-3-1-2-4-6-9-14/h7,10-12,14H,1-6,8-9H2. The van der Waals surface area contributed by atoms with Crippen LogP contribution in [0.2, 0.25) is 0 Å². The van der Waals surface area contributed by atoms with Crippen LogP contribution in [0.15, 0.2) is 29.3 Å². The maximum absolute atomic E-state index is 10.3. The van der Waals surface area contributed by atoms with Crippen LogP contribution in [0.25, 0.3) is 0 Å². The summed E-state index contributed by atoms with van der Waals surface area (Å²) in [7, 11) is 0. The Hall–Kier alpha value is -1.40. The molecule has 1 aliphatic carbocycles. The normalized spacial score (nSPS) is 18.2. The van der Waals surface area contributed by atoms with Crippen LogP contribution in [-0.2, 0) is 4.79 Å². The molecule has 0 radical (unpaired) electrons. The van der Waals surface area contributed by atoms with Crippen LogP contribution in [0.1, 0.15) is 62.8 Å². The highest BCUT2D eigenvalue weighted by Crippen LogP contribution is 2.31. The van der Waals surface area contributed by atoms with E-state index in [9.17, 15) is 4.79 Å². The summed E-state index contributed by atoms with van der Waals surface area (Å²) in [4.78, 5) is 14.0. The van der Waals surface area contributed by atoms with Crippen LogP contribution in [0.5, 0.6) is 0 Å². The molecular weight excluding hydrogens is 222 g/mol. The number of nitrogens with zero attached hydrogens (tertiary/aromatic N) is 1. The molecule has 2 nitrogen and oxygen atoms in total. The molecule has 2 heteroatoms. The first-order valence-corrected chi connectivity index (χ1v) is 7.08. The minimum Gasteiger partial charge on any atom is -0.211 e. The smallest absolute Gasteiger partial charge is 0.211 e. The first-order valence-electron chi connectivity index (χ1n) is 7.08. The third-order valence-corrected chi connectivity index (χ3v) is 3.87. The summed E-state index contributed by atoms with van der Waals surface area (Å²) in [5, 5.41) is 0. The van der Waals surface area contributed by atoms with Crippen LogP contribution in [0.3, 0.4) is 0 Å². The van der Waals surface area contributed by atoms with Gasteiger partial charge in [-0.1, -0.05) is 50.7 Å². The molecule has 1 aromatic rings. The van der Waals surface area contributed by atoms with Crippen molar-refractivity contribution >= 4 is 11.8 Å². The van der Waals surface area contributed by atoms with Gasteiger partial charge in [-0.2, -0.15) is 4.99 Å². The first kappa shape index (κ1) is 13.0. The number of carbonyl (C=O) groups excluding carboxylic acids is 1. The molecule has 0 atom stereocenters. The van der Waals surface area contributed by atoms with Gasteiger partial charge in [0.05, 0.1) is 5.69 Å². The lowest BCUT2D eigenvalue weighted by Gasteiger charge is -2.16. The Morgan fingerprint density at radius 2 is 1.67 bits per heavy atom. The molecule has 0 spiro atoms. The highest BCUT2D eigenvalue weighted by molar-refractivity contribution is 5.50. The Bertz CT molecular complexity index is 411. The summed E-state index contributed by atoms with van der Waals surface area (Å²) >= 11 is 0. The van der Waals surface area contributed by atoms with Crippen molar-refractivity contribution in [3.8, 4) is 0 Å². The summed E-state index contributed by atoms with van der Waals surface area (Å²) in [6.45, 7) is 0.